The Morgan fingerprint density at radius 2 is 1.89 bits per heavy atom. The van der Waals surface area contributed by atoms with Crippen molar-refractivity contribution in [2.24, 2.45) is 0 Å². The summed E-state index contributed by atoms with van der Waals surface area (Å²) in [5.74, 6) is 1.72. The van der Waals surface area contributed by atoms with Crippen LogP contribution in [0, 0.1) is 6.92 Å². The zero-order valence-electron chi connectivity index (χ0n) is 16.3. The first-order chi connectivity index (χ1) is 13.1. The lowest BCUT2D eigenvalue weighted by atomic mass is 10.0. The smallest absolute Gasteiger partial charge is 0.238 e. The zero-order valence-corrected chi connectivity index (χ0v) is 17.1. The fourth-order valence-electron chi connectivity index (χ4n) is 3.26. The summed E-state index contributed by atoms with van der Waals surface area (Å²) in [6, 6.07) is 7.69. The number of ether oxygens (including phenoxy) is 1. The highest BCUT2D eigenvalue weighted by Gasteiger charge is 2.39. The Kier molecular flexibility index (Phi) is 6.26. The van der Waals surface area contributed by atoms with Crippen LogP contribution in [-0.4, -0.2) is 51.1 Å². The summed E-state index contributed by atoms with van der Waals surface area (Å²) in [6.45, 7) is 7.64. The summed E-state index contributed by atoms with van der Waals surface area (Å²) in [5.41, 5.74) is 4.49. The van der Waals surface area contributed by atoms with Gasteiger partial charge in [0.2, 0.25) is 11.1 Å². The van der Waals surface area contributed by atoms with Crippen LogP contribution >= 0.6 is 11.8 Å². The van der Waals surface area contributed by atoms with Gasteiger partial charge in [0.05, 0.1) is 13.2 Å². The molecule has 0 saturated carbocycles. The van der Waals surface area contributed by atoms with Crippen molar-refractivity contribution >= 4 is 17.7 Å². The van der Waals surface area contributed by atoms with Crippen LogP contribution in [0.2, 0.25) is 0 Å². The summed E-state index contributed by atoms with van der Waals surface area (Å²) < 4.78 is 7.14. The number of aryl methyl sites for hydroxylation is 1. The number of nitrogens with zero attached hydrogens (tertiary/aromatic N) is 4. The number of aromatic nitrogens is 3. The SMILES string of the molecule is CCCN(CCC)C(=O)[C@H]1Sc2nnc(C)n2N[C@H]1c1ccc(OC)cc1. The van der Waals surface area contributed by atoms with Crippen molar-refractivity contribution in [2.75, 3.05) is 25.6 Å². The first-order valence-corrected chi connectivity index (χ1v) is 10.2. The Bertz CT molecular complexity index is 771. The lowest BCUT2D eigenvalue weighted by Crippen LogP contribution is -2.46. The maximum Gasteiger partial charge on any atom is 0.238 e. The molecule has 1 aromatic heterocycles. The minimum absolute atomic E-state index is 0.143. The number of thioether (sulfide) groups is 1. The van der Waals surface area contributed by atoms with E-state index in [9.17, 15) is 4.79 Å². The lowest BCUT2D eigenvalue weighted by molar-refractivity contribution is -0.131. The van der Waals surface area contributed by atoms with E-state index in [1.165, 1.54) is 11.8 Å². The van der Waals surface area contributed by atoms with Gasteiger partial charge in [-0.25, -0.2) is 4.68 Å². The van der Waals surface area contributed by atoms with E-state index in [2.05, 4.69) is 29.5 Å². The molecule has 1 aliphatic heterocycles. The molecule has 0 fully saturated rings. The molecule has 0 radical (unpaired) electrons. The highest BCUT2D eigenvalue weighted by atomic mass is 32.2. The van der Waals surface area contributed by atoms with Gasteiger partial charge >= 0.3 is 0 Å². The predicted molar refractivity (Wildman–Crippen MR) is 107 cm³/mol. The number of nitrogens with one attached hydrogen (secondary N) is 1. The highest BCUT2D eigenvalue weighted by Crippen LogP contribution is 2.38. The molecule has 1 N–H and O–H groups in total. The van der Waals surface area contributed by atoms with Crippen molar-refractivity contribution < 1.29 is 9.53 Å². The van der Waals surface area contributed by atoms with Gasteiger partial charge in [-0.1, -0.05) is 37.7 Å². The number of carbonyl (C=O) groups is 1. The van der Waals surface area contributed by atoms with E-state index in [1.807, 2.05) is 40.8 Å². The molecule has 1 aliphatic rings. The van der Waals surface area contributed by atoms with E-state index >= 15 is 0 Å². The van der Waals surface area contributed by atoms with Gasteiger partial charge in [0.25, 0.3) is 0 Å². The van der Waals surface area contributed by atoms with E-state index in [4.69, 9.17) is 4.74 Å². The summed E-state index contributed by atoms with van der Waals surface area (Å²) in [7, 11) is 1.65. The molecule has 27 heavy (non-hydrogen) atoms. The van der Waals surface area contributed by atoms with Gasteiger partial charge < -0.3 is 15.1 Å². The lowest BCUT2D eigenvalue weighted by Gasteiger charge is -2.35. The Hall–Kier alpha value is -2.22. The van der Waals surface area contributed by atoms with Gasteiger partial charge in [0, 0.05) is 13.1 Å². The third-order valence-electron chi connectivity index (χ3n) is 4.62. The van der Waals surface area contributed by atoms with Crippen LogP contribution in [0.3, 0.4) is 0 Å². The van der Waals surface area contributed by atoms with Crippen molar-refractivity contribution in [3.63, 3.8) is 0 Å². The molecule has 2 heterocycles. The zero-order chi connectivity index (χ0) is 19.4. The van der Waals surface area contributed by atoms with Gasteiger partial charge in [-0.2, -0.15) is 0 Å². The monoisotopic (exact) mass is 389 g/mol. The summed E-state index contributed by atoms with van der Waals surface area (Å²) in [6.07, 6.45) is 1.89. The number of benzene rings is 1. The Labute approximate surface area is 164 Å². The molecular formula is C19H27N5O2S. The van der Waals surface area contributed by atoms with Crippen LogP contribution in [0.4, 0.5) is 0 Å². The third kappa shape index (κ3) is 4.05. The largest absolute Gasteiger partial charge is 0.497 e. The molecule has 2 aromatic rings. The molecule has 2 atom stereocenters. The summed E-state index contributed by atoms with van der Waals surface area (Å²) in [4.78, 5) is 15.4. The van der Waals surface area contributed by atoms with Crippen molar-refractivity contribution in [3.05, 3.63) is 35.7 Å². The van der Waals surface area contributed by atoms with Crippen LogP contribution < -0.4 is 10.2 Å². The molecule has 1 amide bonds. The number of rotatable bonds is 7. The summed E-state index contributed by atoms with van der Waals surface area (Å²) >= 11 is 1.48. The van der Waals surface area contributed by atoms with Crippen LogP contribution in [-0.2, 0) is 4.79 Å². The molecule has 0 spiro atoms. The van der Waals surface area contributed by atoms with Crippen LogP contribution in [0.25, 0.3) is 0 Å². The first kappa shape index (κ1) is 19.5. The van der Waals surface area contributed by atoms with Gasteiger partial charge in [-0.05, 0) is 37.5 Å². The molecule has 7 nitrogen and oxygen atoms in total. The summed E-state index contributed by atoms with van der Waals surface area (Å²) in [5, 5.41) is 8.80. The van der Waals surface area contributed by atoms with Crippen molar-refractivity contribution in [2.45, 2.75) is 50.1 Å². The normalized spacial score (nSPS) is 18.5. The van der Waals surface area contributed by atoms with Gasteiger partial charge in [0.15, 0.2) is 0 Å². The molecule has 146 valence electrons. The molecule has 1 aromatic carbocycles. The van der Waals surface area contributed by atoms with Crippen LogP contribution in [0.15, 0.2) is 29.4 Å². The maximum absolute atomic E-state index is 13.4. The van der Waals surface area contributed by atoms with Gasteiger partial charge in [-0.15, -0.1) is 10.2 Å². The van der Waals surface area contributed by atoms with E-state index in [0.717, 1.165) is 48.2 Å². The molecule has 0 aliphatic carbocycles. The van der Waals surface area contributed by atoms with Crippen LogP contribution in [0.1, 0.15) is 44.1 Å². The number of fused-ring (bicyclic) bond motifs is 1. The van der Waals surface area contributed by atoms with E-state index < -0.39 is 0 Å². The highest BCUT2D eigenvalue weighted by molar-refractivity contribution is 8.00. The van der Waals surface area contributed by atoms with Gasteiger partial charge in [-0.3, -0.25) is 4.79 Å². The van der Waals surface area contributed by atoms with Crippen LogP contribution in [0.5, 0.6) is 5.75 Å². The average molecular weight is 390 g/mol. The van der Waals surface area contributed by atoms with E-state index in [1.54, 1.807) is 7.11 Å². The molecular weight excluding hydrogens is 362 g/mol. The fraction of sp³-hybridized carbons (Fsp3) is 0.526. The van der Waals surface area contributed by atoms with E-state index in [0.29, 0.717) is 0 Å². The minimum Gasteiger partial charge on any atom is -0.497 e. The van der Waals surface area contributed by atoms with Crippen molar-refractivity contribution in [3.8, 4) is 5.75 Å². The second-order valence-electron chi connectivity index (χ2n) is 6.61. The van der Waals surface area contributed by atoms with Gasteiger partial charge in [0.1, 0.15) is 16.8 Å². The Balaban J connectivity index is 1.95. The number of amides is 1. The second-order valence-corrected chi connectivity index (χ2v) is 7.72. The predicted octanol–water partition coefficient (Wildman–Crippen LogP) is 3.00. The number of hydrogen-bond acceptors (Lipinski definition) is 6. The molecule has 8 heteroatoms. The maximum atomic E-state index is 13.4. The first-order valence-electron chi connectivity index (χ1n) is 9.37. The van der Waals surface area contributed by atoms with Crippen molar-refractivity contribution in [1.29, 1.82) is 0 Å². The fourth-order valence-corrected chi connectivity index (χ4v) is 4.47. The topological polar surface area (TPSA) is 72.3 Å². The quantitative estimate of drug-likeness (QED) is 0.785. The molecule has 0 saturated heterocycles. The number of hydrogen-bond donors (Lipinski definition) is 1. The van der Waals surface area contributed by atoms with E-state index in [-0.39, 0.29) is 17.2 Å². The molecule has 3 rings (SSSR count). The molecule has 0 bridgehead atoms. The Morgan fingerprint density at radius 1 is 1.22 bits per heavy atom. The number of carbonyl (C=O) groups excluding carboxylic acids is 1. The average Bonchev–Trinajstić information content (AvgIpc) is 3.06. The Morgan fingerprint density at radius 3 is 2.48 bits per heavy atom. The standard InChI is InChI=1S/C19H27N5O2S/c1-5-11-23(12-6-2)18(25)17-16(14-7-9-15(26-4)10-8-14)22-24-13(3)20-21-19(24)27-17/h7-10,16-17,22H,5-6,11-12H2,1-4H3/t16-,17-/m0/s1. The third-order valence-corrected chi connectivity index (χ3v) is 5.82. The second kappa shape index (κ2) is 8.65. The van der Waals surface area contributed by atoms with Crippen molar-refractivity contribution in [1.82, 2.24) is 19.8 Å². The minimum atomic E-state index is -0.299. The number of methoxy groups -OCH3 is 1. The molecule has 0 unspecified atom stereocenters.